The van der Waals surface area contributed by atoms with E-state index in [9.17, 15) is 4.79 Å². The number of hydrogen-bond acceptors (Lipinski definition) is 4. The number of hydrogen-bond donors (Lipinski definition) is 0. The van der Waals surface area contributed by atoms with Crippen molar-refractivity contribution >= 4 is 19.4 Å². The molecule has 33 heavy (non-hydrogen) atoms. The fourth-order valence-corrected chi connectivity index (χ4v) is 3.53. The summed E-state index contributed by atoms with van der Waals surface area (Å²) in [5.41, 5.74) is 3.60. The minimum atomic E-state index is -0.319. The van der Waals surface area contributed by atoms with E-state index < -0.39 is 0 Å². The Labute approximate surface area is 196 Å². The minimum absolute atomic E-state index is 0.262. The summed E-state index contributed by atoms with van der Waals surface area (Å²) in [4.78, 5) is 14.2. The predicted octanol–water partition coefficient (Wildman–Crippen LogP) is 4.41. The predicted molar refractivity (Wildman–Crippen MR) is 129 cm³/mol. The fraction of sp³-hybridized carbons (Fsp3) is 0.222. The summed E-state index contributed by atoms with van der Waals surface area (Å²) in [6.45, 7) is 2.17. The number of benzene rings is 3. The topological polar surface area (TPSA) is 48.0 Å². The largest absolute Gasteiger partial charge is 0.490 e. The van der Waals surface area contributed by atoms with E-state index in [1.54, 1.807) is 17.0 Å². The maximum Gasteiger partial charge on any atom is 0.410 e. The number of carbonyl (C=O) groups excluding carboxylic acids is 1. The Kier molecular flexibility index (Phi) is 7.70. The van der Waals surface area contributed by atoms with Crippen molar-refractivity contribution in [2.24, 2.45) is 0 Å². The number of carbonyl (C=O) groups is 1. The van der Waals surface area contributed by atoms with Crippen LogP contribution < -0.4 is 14.9 Å². The zero-order chi connectivity index (χ0) is 22.9. The fourth-order valence-electron chi connectivity index (χ4n) is 3.53. The van der Waals surface area contributed by atoms with Crippen LogP contribution in [0.25, 0.3) is 0 Å². The minimum Gasteiger partial charge on any atom is -0.490 e. The monoisotopic (exact) mass is 439 g/mol. The molecule has 0 spiro atoms. The van der Waals surface area contributed by atoms with Gasteiger partial charge in [0.2, 0.25) is 0 Å². The van der Waals surface area contributed by atoms with Gasteiger partial charge >= 0.3 is 6.09 Å². The summed E-state index contributed by atoms with van der Waals surface area (Å²) >= 11 is 0. The summed E-state index contributed by atoms with van der Waals surface area (Å²) in [6, 6.07) is 25.0. The average Bonchev–Trinajstić information content (AvgIpc) is 2.87. The van der Waals surface area contributed by atoms with Crippen LogP contribution in [0.5, 0.6) is 11.5 Å². The van der Waals surface area contributed by atoms with Gasteiger partial charge < -0.3 is 19.1 Å². The lowest BCUT2D eigenvalue weighted by atomic mass is 9.95. The van der Waals surface area contributed by atoms with Crippen molar-refractivity contribution in [2.75, 3.05) is 19.7 Å². The van der Waals surface area contributed by atoms with Gasteiger partial charge in [-0.2, -0.15) is 0 Å². The van der Waals surface area contributed by atoms with Crippen LogP contribution in [0.2, 0.25) is 0 Å². The van der Waals surface area contributed by atoms with Crippen LogP contribution in [0.3, 0.4) is 0 Å². The summed E-state index contributed by atoms with van der Waals surface area (Å²) in [5, 5.41) is 0. The number of nitrogens with zero attached hydrogens (tertiary/aromatic N) is 1. The molecule has 1 heterocycles. The number of rotatable bonds is 8. The first kappa shape index (κ1) is 22.5. The summed E-state index contributed by atoms with van der Waals surface area (Å²) in [6.07, 6.45) is 2.54. The molecule has 2 radical (unpaired) electrons. The number of ether oxygens (including phenoxy) is 3. The Morgan fingerprint density at radius 1 is 0.848 bits per heavy atom. The Morgan fingerprint density at radius 2 is 1.55 bits per heavy atom. The van der Waals surface area contributed by atoms with Crippen LogP contribution in [-0.2, 0) is 18.0 Å². The molecule has 6 heteroatoms. The Bertz CT molecular complexity index is 1090. The van der Waals surface area contributed by atoms with Gasteiger partial charge in [-0.25, -0.2) is 4.79 Å². The maximum atomic E-state index is 12.5. The second-order valence-electron chi connectivity index (χ2n) is 7.88. The molecule has 0 fully saturated rings. The van der Waals surface area contributed by atoms with Gasteiger partial charge in [-0.1, -0.05) is 78.3 Å². The molecule has 0 atom stereocenters. The number of amides is 1. The standard InChI is InChI=1S/C27H26BNO4/c28-25-14-13-24(31-18-21-8-3-1-4-9-21)16-26(25)32-20-23-12-7-15-29(17-23)27(30)33-19-22-10-5-2-6-11-22/h1-6,8-14,16H,7,15,17-20H2. The third kappa shape index (κ3) is 6.66. The van der Waals surface area contributed by atoms with Gasteiger partial charge in [0.05, 0.1) is 0 Å². The highest BCUT2D eigenvalue weighted by Crippen LogP contribution is 2.20. The lowest BCUT2D eigenvalue weighted by Crippen LogP contribution is -2.37. The van der Waals surface area contributed by atoms with Crippen LogP contribution in [-0.4, -0.2) is 38.5 Å². The van der Waals surface area contributed by atoms with E-state index in [0.717, 1.165) is 23.1 Å². The van der Waals surface area contributed by atoms with Gasteiger partial charge in [-0.15, -0.1) is 0 Å². The normalized spacial score (nSPS) is 13.2. The highest BCUT2D eigenvalue weighted by Gasteiger charge is 2.20. The van der Waals surface area contributed by atoms with Crippen molar-refractivity contribution in [3.63, 3.8) is 0 Å². The molecule has 4 rings (SSSR count). The highest BCUT2D eigenvalue weighted by atomic mass is 16.6. The van der Waals surface area contributed by atoms with E-state index in [-0.39, 0.29) is 12.7 Å². The second-order valence-corrected chi connectivity index (χ2v) is 7.88. The molecule has 3 aromatic carbocycles. The van der Waals surface area contributed by atoms with Crippen LogP contribution in [0.4, 0.5) is 4.79 Å². The van der Waals surface area contributed by atoms with Gasteiger partial charge in [-0.3, -0.25) is 0 Å². The summed E-state index contributed by atoms with van der Waals surface area (Å²) in [5.74, 6) is 1.25. The van der Waals surface area contributed by atoms with E-state index in [4.69, 9.17) is 22.1 Å². The molecule has 0 saturated heterocycles. The third-order valence-corrected chi connectivity index (χ3v) is 5.34. The van der Waals surface area contributed by atoms with E-state index in [1.807, 2.05) is 66.7 Å². The van der Waals surface area contributed by atoms with Crippen LogP contribution >= 0.6 is 0 Å². The van der Waals surface area contributed by atoms with Crippen LogP contribution in [0.15, 0.2) is 90.5 Å². The lowest BCUT2D eigenvalue weighted by molar-refractivity contribution is 0.0973. The molecule has 5 nitrogen and oxygen atoms in total. The summed E-state index contributed by atoms with van der Waals surface area (Å²) < 4.78 is 17.3. The van der Waals surface area contributed by atoms with Crippen molar-refractivity contribution in [2.45, 2.75) is 19.6 Å². The third-order valence-electron chi connectivity index (χ3n) is 5.34. The molecular weight excluding hydrogens is 413 g/mol. The zero-order valence-electron chi connectivity index (χ0n) is 18.5. The molecule has 166 valence electrons. The van der Waals surface area contributed by atoms with Crippen LogP contribution in [0.1, 0.15) is 17.5 Å². The lowest BCUT2D eigenvalue weighted by Gasteiger charge is -2.27. The van der Waals surface area contributed by atoms with Gasteiger partial charge in [-0.05, 0) is 29.2 Å². The first-order valence-electron chi connectivity index (χ1n) is 11.0. The Balaban J connectivity index is 1.28. The Hall–Kier alpha value is -3.67. The van der Waals surface area contributed by atoms with E-state index in [0.29, 0.717) is 43.3 Å². The average molecular weight is 439 g/mol. The molecule has 0 saturated carbocycles. The molecule has 1 aliphatic heterocycles. The van der Waals surface area contributed by atoms with Gasteiger partial charge in [0.15, 0.2) is 0 Å². The Morgan fingerprint density at radius 3 is 2.27 bits per heavy atom. The molecular formula is C27H26BNO4. The molecule has 0 aliphatic carbocycles. The smallest absolute Gasteiger partial charge is 0.410 e. The zero-order valence-corrected chi connectivity index (χ0v) is 18.5. The second kappa shape index (κ2) is 11.3. The summed E-state index contributed by atoms with van der Waals surface area (Å²) in [7, 11) is 6.10. The highest BCUT2D eigenvalue weighted by molar-refractivity contribution is 6.34. The molecule has 0 N–H and O–H groups in total. The van der Waals surface area contributed by atoms with Gasteiger partial charge in [0.25, 0.3) is 0 Å². The quantitative estimate of drug-likeness (QED) is 0.386. The van der Waals surface area contributed by atoms with Gasteiger partial charge in [0.1, 0.15) is 39.2 Å². The van der Waals surface area contributed by atoms with Crippen molar-refractivity contribution < 1.29 is 19.0 Å². The molecule has 1 aliphatic rings. The molecule has 1 amide bonds. The van der Waals surface area contributed by atoms with E-state index in [2.05, 4.69) is 6.08 Å². The van der Waals surface area contributed by atoms with Crippen molar-refractivity contribution in [3.05, 3.63) is 102 Å². The molecule has 0 bridgehead atoms. The van der Waals surface area contributed by atoms with Crippen molar-refractivity contribution in [1.29, 1.82) is 0 Å². The molecule has 3 aromatic rings. The molecule has 0 unspecified atom stereocenters. The maximum absolute atomic E-state index is 12.5. The first-order chi connectivity index (χ1) is 16.2. The molecule has 0 aromatic heterocycles. The SMILES string of the molecule is [B]c1ccc(OCc2ccccc2)cc1OCC1=CCCN(C(=O)OCc2ccccc2)C1. The van der Waals surface area contributed by atoms with E-state index >= 15 is 0 Å². The van der Waals surface area contributed by atoms with E-state index in [1.165, 1.54) is 0 Å². The van der Waals surface area contributed by atoms with Crippen molar-refractivity contribution in [3.8, 4) is 11.5 Å². The van der Waals surface area contributed by atoms with Gasteiger partial charge in [0, 0.05) is 19.2 Å². The van der Waals surface area contributed by atoms with Crippen LogP contribution in [0, 0.1) is 0 Å². The van der Waals surface area contributed by atoms with Crippen molar-refractivity contribution in [1.82, 2.24) is 4.90 Å². The first-order valence-corrected chi connectivity index (χ1v) is 11.0.